The molecule has 1 aromatic rings. The van der Waals surface area contributed by atoms with Gasteiger partial charge in [-0.25, -0.2) is 0 Å². The lowest BCUT2D eigenvalue weighted by molar-refractivity contribution is 0.473. The van der Waals surface area contributed by atoms with Crippen LogP contribution in [0.5, 0.6) is 5.75 Å². The van der Waals surface area contributed by atoms with Crippen molar-refractivity contribution in [3.8, 4) is 17.9 Å². The van der Waals surface area contributed by atoms with Gasteiger partial charge in [-0.05, 0) is 18.6 Å². The van der Waals surface area contributed by atoms with Gasteiger partial charge in [0, 0.05) is 0 Å². The van der Waals surface area contributed by atoms with E-state index in [0.29, 0.717) is 5.56 Å². The molecule has 1 rings (SSSR count). The van der Waals surface area contributed by atoms with E-state index in [0.717, 1.165) is 0 Å². The Morgan fingerprint density at radius 1 is 1.17 bits per heavy atom. The lowest BCUT2D eigenvalue weighted by Gasteiger charge is -2.00. The van der Waals surface area contributed by atoms with Crippen molar-refractivity contribution >= 4 is 0 Å². The maximum Gasteiger partial charge on any atom is 0.134 e. The third-order valence-corrected chi connectivity index (χ3v) is 1.62. The zero-order valence-corrected chi connectivity index (χ0v) is 6.50. The molecule has 0 aliphatic carbocycles. The number of hydrogen-bond acceptors (Lipinski definition) is 3. The van der Waals surface area contributed by atoms with Gasteiger partial charge in [-0.1, -0.05) is 6.07 Å². The average Bonchev–Trinajstić information content (AvgIpc) is 2.08. The van der Waals surface area contributed by atoms with Crippen molar-refractivity contribution in [3.05, 3.63) is 28.8 Å². The van der Waals surface area contributed by atoms with Gasteiger partial charge in [0.05, 0.1) is 5.56 Å². The molecular formula is C9H6N2O. The number of aromatic hydroxyl groups is 1. The number of nitrogens with zero attached hydrogens (tertiary/aromatic N) is 2. The van der Waals surface area contributed by atoms with Gasteiger partial charge in [-0.2, -0.15) is 10.5 Å². The Bertz CT molecular complexity index is 357. The standard InChI is InChI=1S/C9H6N2O/c1-6-2-3-9(12)8(5-11)7(6)4-10/h2-3,12H,1H3. The van der Waals surface area contributed by atoms with Crippen LogP contribution < -0.4 is 0 Å². The van der Waals surface area contributed by atoms with E-state index in [1.807, 2.05) is 6.07 Å². The molecule has 0 aromatic heterocycles. The first-order valence-corrected chi connectivity index (χ1v) is 3.33. The van der Waals surface area contributed by atoms with E-state index < -0.39 is 0 Å². The molecule has 0 heterocycles. The molecule has 0 saturated heterocycles. The summed E-state index contributed by atoms with van der Waals surface area (Å²) in [5.74, 6) is -0.139. The van der Waals surface area contributed by atoms with Crippen LogP contribution in [-0.2, 0) is 0 Å². The Hall–Kier alpha value is -2.00. The number of nitriles is 2. The summed E-state index contributed by atoms with van der Waals surface area (Å²) >= 11 is 0. The molecular weight excluding hydrogens is 152 g/mol. The van der Waals surface area contributed by atoms with Crippen molar-refractivity contribution in [1.29, 1.82) is 10.5 Å². The normalized spacial score (nSPS) is 8.58. The molecule has 0 aliphatic rings. The van der Waals surface area contributed by atoms with Crippen molar-refractivity contribution in [3.63, 3.8) is 0 Å². The molecule has 3 heteroatoms. The van der Waals surface area contributed by atoms with Crippen molar-refractivity contribution in [2.24, 2.45) is 0 Å². The van der Waals surface area contributed by atoms with Gasteiger partial charge in [0.2, 0.25) is 0 Å². The zero-order chi connectivity index (χ0) is 9.14. The quantitative estimate of drug-likeness (QED) is 0.621. The van der Waals surface area contributed by atoms with E-state index in [1.54, 1.807) is 19.1 Å². The van der Waals surface area contributed by atoms with Crippen molar-refractivity contribution in [2.75, 3.05) is 0 Å². The van der Waals surface area contributed by atoms with Crippen LogP contribution >= 0.6 is 0 Å². The third kappa shape index (κ3) is 1.09. The monoisotopic (exact) mass is 158 g/mol. The second kappa shape index (κ2) is 2.94. The highest BCUT2D eigenvalue weighted by atomic mass is 16.3. The maximum atomic E-state index is 9.17. The second-order valence-electron chi connectivity index (χ2n) is 2.38. The van der Waals surface area contributed by atoms with E-state index in [-0.39, 0.29) is 16.9 Å². The summed E-state index contributed by atoms with van der Waals surface area (Å²) < 4.78 is 0. The first kappa shape index (κ1) is 8.10. The molecule has 0 radical (unpaired) electrons. The Morgan fingerprint density at radius 3 is 2.17 bits per heavy atom. The molecule has 0 spiro atoms. The fraction of sp³-hybridized carbons (Fsp3) is 0.111. The molecule has 0 unspecified atom stereocenters. The van der Waals surface area contributed by atoms with E-state index in [1.165, 1.54) is 6.07 Å². The Labute approximate surface area is 70.1 Å². The van der Waals surface area contributed by atoms with Gasteiger partial charge in [0.15, 0.2) is 0 Å². The number of phenolic OH excluding ortho intramolecular Hbond substituents is 1. The van der Waals surface area contributed by atoms with Crippen LogP contribution in [0.3, 0.4) is 0 Å². The molecule has 12 heavy (non-hydrogen) atoms. The number of rotatable bonds is 0. The summed E-state index contributed by atoms with van der Waals surface area (Å²) in [6, 6.07) is 6.67. The number of aryl methyl sites for hydroxylation is 1. The summed E-state index contributed by atoms with van der Waals surface area (Å²) in [6.45, 7) is 1.72. The maximum absolute atomic E-state index is 9.17. The molecule has 0 atom stereocenters. The highest BCUT2D eigenvalue weighted by Crippen LogP contribution is 2.22. The van der Waals surface area contributed by atoms with Gasteiger partial charge >= 0.3 is 0 Å². The Kier molecular flexibility index (Phi) is 1.98. The summed E-state index contributed by atoms with van der Waals surface area (Å²) in [6.07, 6.45) is 0. The predicted octanol–water partition coefficient (Wildman–Crippen LogP) is 1.44. The van der Waals surface area contributed by atoms with Crippen LogP contribution in [0.2, 0.25) is 0 Å². The molecule has 0 amide bonds. The minimum Gasteiger partial charge on any atom is -0.507 e. The Balaban J connectivity index is 3.55. The first-order valence-electron chi connectivity index (χ1n) is 3.33. The molecule has 1 N–H and O–H groups in total. The molecule has 0 saturated carbocycles. The predicted molar refractivity (Wildman–Crippen MR) is 42.3 cm³/mol. The van der Waals surface area contributed by atoms with Crippen LogP contribution in [0.15, 0.2) is 12.1 Å². The lowest BCUT2D eigenvalue weighted by atomic mass is 10.0. The van der Waals surface area contributed by atoms with Crippen LogP contribution in [0.25, 0.3) is 0 Å². The van der Waals surface area contributed by atoms with Crippen LogP contribution in [-0.4, -0.2) is 5.11 Å². The van der Waals surface area contributed by atoms with Gasteiger partial charge in [0.1, 0.15) is 23.5 Å². The smallest absolute Gasteiger partial charge is 0.134 e. The lowest BCUT2D eigenvalue weighted by Crippen LogP contribution is -1.88. The van der Waals surface area contributed by atoms with Crippen LogP contribution in [0.1, 0.15) is 16.7 Å². The fourth-order valence-corrected chi connectivity index (χ4v) is 0.953. The molecule has 0 aliphatic heterocycles. The SMILES string of the molecule is Cc1ccc(O)c(C#N)c1C#N. The minimum absolute atomic E-state index is 0.0532. The highest BCUT2D eigenvalue weighted by molar-refractivity contribution is 5.56. The first-order chi connectivity index (χ1) is 5.70. The largest absolute Gasteiger partial charge is 0.507 e. The van der Waals surface area contributed by atoms with Crippen molar-refractivity contribution in [2.45, 2.75) is 6.92 Å². The van der Waals surface area contributed by atoms with Gasteiger partial charge in [-0.15, -0.1) is 0 Å². The van der Waals surface area contributed by atoms with E-state index in [4.69, 9.17) is 10.5 Å². The van der Waals surface area contributed by atoms with Crippen molar-refractivity contribution in [1.82, 2.24) is 0 Å². The number of benzene rings is 1. The summed E-state index contributed by atoms with van der Waals surface area (Å²) in [5.41, 5.74) is 1.00. The highest BCUT2D eigenvalue weighted by Gasteiger charge is 2.08. The van der Waals surface area contributed by atoms with Crippen molar-refractivity contribution < 1.29 is 5.11 Å². The van der Waals surface area contributed by atoms with E-state index in [9.17, 15) is 5.11 Å². The van der Waals surface area contributed by atoms with Gasteiger partial charge in [-0.3, -0.25) is 0 Å². The summed E-state index contributed by atoms with van der Waals surface area (Å²) in [4.78, 5) is 0. The number of hydrogen-bond donors (Lipinski definition) is 1. The van der Waals surface area contributed by atoms with E-state index in [2.05, 4.69) is 0 Å². The van der Waals surface area contributed by atoms with Crippen LogP contribution in [0, 0.1) is 29.6 Å². The molecule has 58 valence electrons. The molecule has 1 aromatic carbocycles. The topological polar surface area (TPSA) is 67.8 Å². The van der Waals surface area contributed by atoms with Crippen LogP contribution in [0.4, 0.5) is 0 Å². The zero-order valence-electron chi connectivity index (χ0n) is 6.50. The molecule has 0 bridgehead atoms. The number of phenols is 1. The Morgan fingerprint density at radius 2 is 1.75 bits per heavy atom. The minimum atomic E-state index is -0.139. The van der Waals surface area contributed by atoms with E-state index >= 15 is 0 Å². The average molecular weight is 158 g/mol. The van der Waals surface area contributed by atoms with Gasteiger partial charge < -0.3 is 5.11 Å². The van der Waals surface area contributed by atoms with Gasteiger partial charge in [0.25, 0.3) is 0 Å². The summed E-state index contributed by atoms with van der Waals surface area (Å²) in [5, 5.41) is 26.4. The third-order valence-electron chi connectivity index (χ3n) is 1.62. The molecule has 0 fully saturated rings. The molecule has 3 nitrogen and oxygen atoms in total. The fourth-order valence-electron chi connectivity index (χ4n) is 0.953. The summed E-state index contributed by atoms with van der Waals surface area (Å²) in [7, 11) is 0. The second-order valence-corrected chi connectivity index (χ2v) is 2.38.